The fraction of sp³-hybridized carbons (Fsp3) is 0.211. The first-order chi connectivity index (χ1) is 13.8. The number of nitrogens with zero attached hydrogens (tertiary/aromatic N) is 4. The Balaban J connectivity index is 1.83. The van der Waals surface area contributed by atoms with Crippen molar-refractivity contribution in [2.24, 2.45) is 0 Å². The highest BCUT2D eigenvalue weighted by Gasteiger charge is 2.17. The zero-order valence-electron chi connectivity index (χ0n) is 16.5. The smallest absolute Gasteiger partial charge is 0.321 e. The Hall–Kier alpha value is -3.95. The number of carbonyl (C=O) groups excluding carboxylic acids is 2. The van der Waals surface area contributed by atoms with E-state index in [4.69, 9.17) is 0 Å². The van der Waals surface area contributed by atoms with Gasteiger partial charge in [-0.3, -0.25) is 9.59 Å². The molecule has 0 aliphatic rings. The minimum Gasteiger partial charge on any atom is -0.331 e. The van der Waals surface area contributed by atoms with E-state index in [2.05, 4.69) is 25.9 Å². The maximum Gasteiger partial charge on any atom is 0.321 e. The van der Waals surface area contributed by atoms with Crippen LogP contribution in [0, 0.1) is 13.8 Å². The van der Waals surface area contributed by atoms with Gasteiger partial charge < -0.3 is 15.5 Å². The second-order valence-corrected chi connectivity index (χ2v) is 6.59. The first kappa shape index (κ1) is 19.8. The van der Waals surface area contributed by atoms with E-state index >= 15 is 0 Å². The highest BCUT2D eigenvalue weighted by Crippen LogP contribution is 2.24. The number of hydrogen-bond acceptors (Lipinski definition) is 5. The Labute approximate surface area is 166 Å². The molecule has 0 saturated heterocycles. The molecular weight excluding hydrogens is 374 g/mol. The molecule has 0 aliphatic heterocycles. The molecule has 2 aromatic heterocycles. The molecule has 2 heterocycles. The molecular formula is C19H21N7O3. The third kappa shape index (κ3) is 4.15. The molecule has 10 nitrogen and oxygen atoms in total. The van der Waals surface area contributed by atoms with Gasteiger partial charge in [-0.05, 0) is 37.6 Å². The lowest BCUT2D eigenvalue weighted by Crippen LogP contribution is -2.27. The van der Waals surface area contributed by atoms with Crippen molar-refractivity contribution in [3.63, 3.8) is 0 Å². The molecule has 0 spiro atoms. The van der Waals surface area contributed by atoms with E-state index in [0.29, 0.717) is 28.5 Å². The van der Waals surface area contributed by atoms with Crippen LogP contribution in [0.15, 0.2) is 41.3 Å². The Morgan fingerprint density at radius 1 is 1.07 bits per heavy atom. The van der Waals surface area contributed by atoms with E-state index in [9.17, 15) is 14.4 Å². The summed E-state index contributed by atoms with van der Waals surface area (Å²) in [5.74, 6) is 0.0445. The summed E-state index contributed by atoms with van der Waals surface area (Å²) in [6.07, 6.45) is 1.43. The van der Waals surface area contributed by atoms with E-state index in [1.54, 1.807) is 46.1 Å². The number of rotatable bonds is 4. The molecule has 150 valence electrons. The molecule has 0 saturated carbocycles. The number of hydrogen-bond donors (Lipinski definition) is 3. The number of nitrogens with one attached hydrogen (secondary N) is 3. The van der Waals surface area contributed by atoms with Crippen molar-refractivity contribution in [3.05, 3.63) is 63.7 Å². The van der Waals surface area contributed by atoms with Crippen LogP contribution in [0.1, 0.15) is 21.6 Å². The predicted octanol–water partition coefficient (Wildman–Crippen LogP) is 1.92. The zero-order chi connectivity index (χ0) is 21.1. The van der Waals surface area contributed by atoms with E-state index in [-0.39, 0.29) is 17.5 Å². The Kier molecular flexibility index (Phi) is 5.44. The van der Waals surface area contributed by atoms with Crippen LogP contribution in [0.25, 0.3) is 5.82 Å². The van der Waals surface area contributed by atoms with E-state index in [1.807, 2.05) is 0 Å². The van der Waals surface area contributed by atoms with Crippen LogP contribution >= 0.6 is 0 Å². The van der Waals surface area contributed by atoms with Gasteiger partial charge in [0.1, 0.15) is 0 Å². The van der Waals surface area contributed by atoms with Crippen molar-refractivity contribution in [1.29, 1.82) is 0 Å². The molecule has 0 fully saturated rings. The van der Waals surface area contributed by atoms with Gasteiger partial charge in [0.25, 0.3) is 11.5 Å². The van der Waals surface area contributed by atoms with Gasteiger partial charge in [-0.15, -0.1) is 0 Å². The van der Waals surface area contributed by atoms with Crippen LogP contribution in [0.4, 0.5) is 16.2 Å². The van der Waals surface area contributed by atoms with Crippen LogP contribution in [-0.4, -0.2) is 50.9 Å². The minimum absolute atomic E-state index is 0.262. The van der Waals surface area contributed by atoms with Crippen molar-refractivity contribution in [2.75, 3.05) is 24.7 Å². The molecule has 3 amide bonds. The van der Waals surface area contributed by atoms with E-state index in [0.717, 1.165) is 5.56 Å². The predicted molar refractivity (Wildman–Crippen MR) is 109 cm³/mol. The fourth-order valence-electron chi connectivity index (χ4n) is 2.64. The summed E-state index contributed by atoms with van der Waals surface area (Å²) in [6, 6.07) is 7.84. The van der Waals surface area contributed by atoms with Crippen molar-refractivity contribution < 1.29 is 9.59 Å². The van der Waals surface area contributed by atoms with Gasteiger partial charge in [0.05, 0.1) is 17.5 Å². The second-order valence-electron chi connectivity index (χ2n) is 6.59. The average molecular weight is 395 g/mol. The van der Waals surface area contributed by atoms with Crippen molar-refractivity contribution in [3.8, 4) is 5.82 Å². The maximum absolute atomic E-state index is 12.8. The molecule has 10 heteroatoms. The van der Waals surface area contributed by atoms with Crippen molar-refractivity contribution in [1.82, 2.24) is 24.9 Å². The summed E-state index contributed by atoms with van der Waals surface area (Å²) in [7, 11) is 3.29. The fourth-order valence-corrected chi connectivity index (χ4v) is 2.64. The van der Waals surface area contributed by atoms with Gasteiger partial charge in [0.15, 0.2) is 5.82 Å². The van der Waals surface area contributed by atoms with E-state index in [1.165, 1.54) is 27.9 Å². The lowest BCUT2D eigenvalue weighted by atomic mass is 10.1. The van der Waals surface area contributed by atoms with Crippen LogP contribution in [0.3, 0.4) is 0 Å². The zero-order valence-corrected chi connectivity index (χ0v) is 16.5. The maximum atomic E-state index is 12.8. The monoisotopic (exact) mass is 395 g/mol. The molecule has 0 bridgehead atoms. The van der Waals surface area contributed by atoms with Gasteiger partial charge in [-0.1, -0.05) is 6.07 Å². The van der Waals surface area contributed by atoms with Crippen LogP contribution in [0.2, 0.25) is 0 Å². The number of carbonyl (C=O) groups is 2. The first-order valence-corrected chi connectivity index (χ1v) is 8.78. The number of aromatic nitrogens is 4. The highest BCUT2D eigenvalue weighted by molar-refractivity contribution is 6.06. The molecule has 29 heavy (non-hydrogen) atoms. The lowest BCUT2D eigenvalue weighted by molar-refractivity contribution is 0.102. The van der Waals surface area contributed by atoms with Crippen molar-refractivity contribution in [2.45, 2.75) is 13.8 Å². The summed E-state index contributed by atoms with van der Waals surface area (Å²) < 4.78 is 1.46. The first-order valence-electron chi connectivity index (χ1n) is 8.78. The van der Waals surface area contributed by atoms with Crippen LogP contribution in [-0.2, 0) is 0 Å². The highest BCUT2D eigenvalue weighted by atomic mass is 16.2. The second kappa shape index (κ2) is 7.97. The summed E-state index contributed by atoms with van der Waals surface area (Å²) in [4.78, 5) is 37.3. The standard InChI is InChI=1S/C19H21N7O3/c1-11-14(6-5-7-15(11)22-19(29)25(3)4)21-18(28)13-10-20-26(12(13)2)16-8-9-17(27)24-23-16/h5-10H,1-4H3,(H,21,28)(H,22,29)(H,24,27). The number of benzene rings is 1. The topological polar surface area (TPSA) is 125 Å². The molecule has 3 N–H and O–H groups in total. The Morgan fingerprint density at radius 3 is 2.38 bits per heavy atom. The Bertz CT molecular complexity index is 1110. The number of amides is 3. The summed E-state index contributed by atoms with van der Waals surface area (Å²) in [6.45, 7) is 3.54. The number of H-pyrrole nitrogens is 1. The van der Waals surface area contributed by atoms with Crippen LogP contribution < -0.4 is 16.2 Å². The minimum atomic E-state index is -0.350. The molecule has 0 radical (unpaired) electrons. The summed E-state index contributed by atoms with van der Waals surface area (Å²) in [5, 5.41) is 16.1. The van der Waals surface area contributed by atoms with Crippen molar-refractivity contribution >= 4 is 23.3 Å². The molecule has 3 rings (SSSR count). The third-order valence-corrected chi connectivity index (χ3v) is 4.37. The molecule has 0 unspecified atom stereocenters. The summed E-state index contributed by atoms with van der Waals surface area (Å²) in [5.41, 5.74) is 2.50. The average Bonchev–Trinajstić information content (AvgIpc) is 3.07. The lowest BCUT2D eigenvalue weighted by Gasteiger charge is -2.16. The normalized spacial score (nSPS) is 10.5. The van der Waals surface area contributed by atoms with Crippen LogP contribution in [0.5, 0.6) is 0 Å². The van der Waals surface area contributed by atoms with Gasteiger partial charge in [0.2, 0.25) is 0 Å². The molecule has 0 aliphatic carbocycles. The van der Waals surface area contributed by atoms with Gasteiger partial charge in [-0.2, -0.15) is 10.2 Å². The van der Waals surface area contributed by atoms with E-state index < -0.39 is 0 Å². The number of urea groups is 1. The molecule has 3 aromatic rings. The number of aromatic amines is 1. The SMILES string of the molecule is Cc1c(NC(=O)c2cnn(-c3ccc(=O)[nH]n3)c2C)cccc1NC(=O)N(C)C. The summed E-state index contributed by atoms with van der Waals surface area (Å²) >= 11 is 0. The molecule has 0 atom stereocenters. The largest absolute Gasteiger partial charge is 0.331 e. The van der Waals surface area contributed by atoms with Gasteiger partial charge in [-0.25, -0.2) is 14.6 Å². The van der Waals surface area contributed by atoms with Gasteiger partial charge in [0, 0.05) is 31.5 Å². The third-order valence-electron chi connectivity index (χ3n) is 4.37. The molecule has 1 aromatic carbocycles. The Morgan fingerprint density at radius 2 is 1.76 bits per heavy atom. The van der Waals surface area contributed by atoms with Gasteiger partial charge >= 0.3 is 6.03 Å². The number of anilines is 2. The quantitative estimate of drug-likeness (QED) is 0.622.